The van der Waals surface area contributed by atoms with Crippen LogP contribution in [-0.2, 0) is 53.8 Å². The van der Waals surface area contributed by atoms with Crippen LogP contribution in [0.3, 0.4) is 0 Å². The second kappa shape index (κ2) is 7.27. The van der Waals surface area contributed by atoms with E-state index in [9.17, 15) is 0 Å². The maximum atomic E-state index is 4.19. The summed E-state index contributed by atoms with van der Waals surface area (Å²) in [5.74, 6) is 0. The Morgan fingerprint density at radius 1 is 1.13 bits per heavy atom. The van der Waals surface area contributed by atoms with Crippen molar-refractivity contribution in [3.05, 3.63) is 55.2 Å². The molecular weight excluding hydrogens is 433 g/mol. The largest absolute Gasteiger partial charge is 0.382 e. The van der Waals surface area contributed by atoms with Crippen molar-refractivity contribution in [1.82, 2.24) is 9.97 Å². The Kier molecular flexibility index (Phi) is 7.25. The minimum Gasteiger partial charge on any atom is -0.382 e. The zero-order chi connectivity index (χ0) is 9.10. The van der Waals surface area contributed by atoms with Gasteiger partial charge < -0.3 is 4.98 Å². The number of rotatable bonds is 1. The number of pyridine rings is 2. The molecule has 4 heteroatoms. The number of nitrogens with zero attached hydrogens (tertiary/aromatic N) is 2. The van der Waals surface area contributed by atoms with Crippen molar-refractivity contribution in [2.45, 2.75) is 0 Å². The van der Waals surface area contributed by atoms with E-state index in [1.165, 1.54) is 0 Å². The maximum absolute atomic E-state index is 4.19. The van der Waals surface area contributed by atoms with Gasteiger partial charge in [0.1, 0.15) is 0 Å². The molecule has 1 radical (unpaired) electrons. The summed E-state index contributed by atoms with van der Waals surface area (Å²) in [6.07, 6.45) is 3.43. The van der Waals surface area contributed by atoms with E-state index >= 15 is 0 Å². The fourth-order valence-electron chi connectivity index (χ4n) is 1.08. The summed E-state index contributed by atoms with van der Waals surface area (Å²) in [6.45, 7) is 3.83. The predicted molar refractivity (Wildman–Crippen MR) is 50.8 cm³/mol. The zero-order valence-electron chi connectivity index (χ0n) is 8.05. The molecular formula is C11H8N2WY-2. The Morgan fingerprint density at radius 3 is 2.47 bits per heavy atom. The van der Waals surface area contributed by atoms with Gasteiger partial charge in [0, 0.05) is 53.8 Å². The van der Waals surface area contributed by atoms with E-state index in [-0.39, 0.29) is 53.8 Å². The SMILES string of the molecule is [CH2-]c1ccnc(-c2c[c-]ccn2)c1.[W].[Y]. The third kappa shape index (κ3) is 4.14. The molecule has 0 saturated carbocycles. The molecule has 0 aliphatic rings. The summed E-state index contributed by atoms with van der Waals surface area (Å²) in [6, 6.07) is 10.3. The first-order valence-electron chi connectivity index (χ1n) is 3.97. The standard InChI is InChI=1S/C11H8N2.W.Y/c1-9-5-7-13-11(8-9)10-4-2-3-6-12-10;;/h3-8H,1H2;;/q-2;;. The van der Waals surface area contributed by atoms with E-state index in [4.69, 9.17) is 0 Å². The van der Waals surface area contributed by atoms with E-state index in [1.54, 1.807) is 18.5 Å². The van der Waals surface area contributed by atoms with Crippen LogP contribution in [0.1, 0.15) is 5.56 Å². The third-order valence-corrected chi connectivity index (χ3v) is 1.69. The molecule has 0 unspecified atom stereocenters. The van der Waals surface area contributed by atoms with Gasteiger partial charge >= 0.3 is 0 Å². The fraction of sp³-hybridized carbons (Fsp3) is 0. The van der Waals surface area contributed by atoms with Gasteiger partial charge in [-0.2, -0.15) is 30.7 Å². The van der Waals surface area contributed by atoms with Crippen LogP contribution in [0, 0.1) is 13.0 Å². The maximum Gasteiger partial charge on any atom is 0 e. The van der Waals surface area contributed by atoms with E-state index < -0.39 is 0 Å². The van der Waals surface area contributed by atoms with Gasteiger partial charge in [-0.25, -0.2) is 0 Å². The van der Waals surface area contributed by atoms with Gasteiger partial charge in [0.05, 0.1) is 0 Å². The number of hydrogen-bond acceptors (Lipinski definition) is 2. The van der Waals surface area contributed by atoms with Gasteiger partial charge in [-0.1, -0.05) is 6.20 Å². The van der Waals surface area contributed by atoms with E-state index in [0.29, 0.717) is 0 Å². The molecule has 2 nitrogen and oxygen atoms in total. The van der Waals surface area contributed by atoms with Crippen LogP contribution in [0.15, 0.2) is 36.7 Å². The molecule has 0 aliphatic carbocycles. The quantitative estimate of drug-likeness (QED) is 0.635. The van der Waals surface area contributed by atoms with E-state index in [0.717, 1.165) is 17.0 Å². The van der Waals surface area contributed by atoms with Gasteiger partial charge in [-0.3, -0.25) is 4.98 Å². The molecule has 73 valence electrons. The Hall–Kier alpha value is -0.0378. The Bertz CT molecular complexity index is 406. The average molecular weight is 441 g/mol. The van der Waals surface area contributed by atoms with E-state index in [1.807, 2.05) is 18.2 Å². The van der Waals surface area contributed by atoms with Crippen molar-refractivity contribution in [2.24, 2.45) is 0 Å². The van der Waals surface area contributed by atoms with Gasteiger partial charge in [-0.05, 0) is 17.6 Å². The first-order valence-corrected chi connectivity index (χ1v) is 3.97. The molecule has 2 aromatic heterocycles. The fourth-order valence-corrected chi connectivity index (χ4v) is 1.08. The molecule has 0 N–H and O–H groups in total. The number of aromatic nitrogens is 2. The molecule has 2 heterocycles. The molecule has 2 rings (SSSR count). The first-order chi connectivity index (χ1) is 6.36. The molecule has 2 aromatic rings. The second-order valence-electron chi connectivity index (χ2n) is 2.69. The summed E-state index contributed by atoms with van der Waals surface area (Å²) in [4.78, 5) is 8.36. The van der Waals surface area contributed by atoms with Crippen LogP contribution in [0.4, 0.5) is 0 Å². The van der Waals surface area contributed by atoms with Crippen LogP contribution in [-0.4, -0.2) is 9.97 Å². The van der Waals surface area contributed by atoms with Gasteiger partial charge in [0.15, 0.2) is 0 Å². The van der Waals surface area contributed by atoms with Crippen molar-refractivity contribution in [3.63, 3.8) is 0 Å². The Morgan fingerprint density at radius 2 is 1.87 bits per heavy atom. The van der Waals surface area contributed by atoms with Gasteiger partial charge in [-0.15, -0.1) is 12.1 Å². The predicted octanol–water partition coefficient (Wildman–Crippen LogP) is 2.12. The molecule has 0 aliphatic heterocycles. The second-order valence-corrected chi connectivity index (χ2v) is 2.69. The average Bonchev–Trinajstić information content (AvgIpc) is 2.19. The Labute approximate surface area is 129 Å². The number of hydrogen-bond donors (Lipinski definition) is 0. The third-order valence-electron chi connectivity index (χ3n) is 1.69. The van der Waals surface area contributed by atoms with Crippen LogP contribution < -0.4 is 0 Å². The minimum atomic E-state index is 0. The summed E-state index contributed by atoms with van der Waals surface area (Å²) in [5, 5.41) is 0. The normalized spacial score (nSPS) is 8.53. The molecule has 0 aromatic carbocycles. The molecule has 0 amide bonds. The van der Waals surface area contributed by atoms with Crippen molar-refractivity contribution >= 4 is 0 Å². The van der Waals surface area contributed by atoms with Crippen LogP contribution in [0.2, 0.25) is 0 Å². The first kappa shape index (κ1) is 15.0. The van der Waals surface area contributed by atoms with Crippen molar-refractivity contribution in [3.8, 4) is 11.4 Å². The van der Waals surface area contributed by atoms with Crippen molar-refractivity contribution < 1.29 is 53.8 Å². The van der Waals surface area contributed by atoms with Gasteiger partial charge in [0.25, 0.3) is 0 Å². The molecule has 0 bridgehead atoms. The van der Waals surface area contributed by atoms with Crippen LogP contribution in [0.25, 0.3) is 11.4 Å². The molecule has 0 fully saturated rings. The zero-order valence-corrected chi connectivity index (χ0v) is 13.8. The van der Waals surface area contributed by atoms with Crippen LogP contribution >= 0.6 is 0 Å². The topological polar surface area (TPSA) is 25.8 Å². The molecule has 0 saturated heterocycles. The van der Waals surface area contributed by atoms with Crippen LogP contribution in [0.5, 0.6) is 0 Å². The summed E-state index contributed by atoms with van der Waals surface area (Å²) in [7, 11) is 0. The minimum absolute atomic E-state index is 0. The Balaban J connectivity index is 0.000000980. The van der Waals surface area contributed by atoms with E-state index in [2.05, 4.69) is 23.0 Å². The van der Waals surface area contributed by atoms with Crippen molar-refractivity contribution in [2.75, 3.05) is 0 Å². The summed E-state index contributed by atoms with van der Waals surface area (Å²) >= 11 is 0. The van der Waals surface area contributed by atoms with Crippen molar-refractivity contribution in [1.29, 1.82) is 0 Å². The molecule has 15 heavy (non-hydrogen) atoms. The summed E-state index contributed by atoms with van der Waals surface area (Å²) < 4.78 is 0. The van der Waals surface area contributed by atoms with Gasteiger partial charge in [0.2, 0.25) is 0 Å². The molecule has 0 atom stereocenters. The summed E-state index contributed by atoms with van der Waals surface area (Å²) in [5.41, 5.74) is 2.60. The molecule has 0 spiro atoms. The smallest absolute Gasteiger partial charge is 0 e. The monoisotopic (exact) mass is 441 g/mol.